The Hall–Kier alpha value is -6.13. The molecule has 1 aliphatic heterocycles. The summed E-state index contributed by atoms with van der Waals surface area (Å²) in [4.78, 5) is 142. The fourth-order valence-corrected chi connectivity index (χ4v) is 9.43. The summed E-state index contributed by atoms with van der Waals surface area (Å²) in [6, 6.07) is -3.93. The monoisotopic (exact) mass is 1080 g/mol. The topological polar surface area (TPSA) is 311 Å². The van der Waals surface area contributed by atoms with Crippen LogP contribution in [0.5, 0.6) is 0 Å². The van der Waals surface area contributed by atoms with E-state index in [2.05, 4.69) is 59.8 Å². The number of likely N-dealkylation sites (N-methyl/N-ethyl adjacent to an activating group) is 1. The van der Waals surface area contributed by atoms with E-state index in [0.29, 0.717) is 38.1 Å². The molecule has 2 unspecified atom stereocenters. The molecule has 9 N–H and O–H groups in total. The Morgan fingerprint density at radius 2 is 1.31 bits per heavy atom. The van der Waals surface area contributed by atoms with E-state index >= 15 is 0 Å². The predicted molar refractivity (Wildman–Crippen MR) is 289 cm³/mol. The molecule has 3 rings (SSSR count). The minimum Gasteiger partial charge on any atom is -0.448 e. The van der Waals surface area contributed by atoms with Crippen LogP contribution in [0.15, 0.2) is 10.7 Å². The van der Waals surface area contributed by atoms with Gasteiger partial charge in [0.25, 0.3) is 5.91 Å². The molecule has 434 valence electrons. The molecule has 1 aromatic heterocycles. The molecule has 1 aliphatic carbocycles. The molecule has 1 saturated heterocycles. The fourth-order valence-electron chi connectivity index (χ4n) is 9.43. The number of aryl methyl sites for hydroxylation is 1. The zero-order valence-electron chi connectivity index (χ0n) is 48.0. The van der Waals surface area contributed by atoms with Gasteiger partial charge in [-0.2, -0.15) is 0 Å². The number of carbonyl (C=O) groups is 10. The van der Waals surface area contributed by atoms with Gasteiger partial charge in [0.2, 0.25) is 53.2 Å². The standard InChI is InChI=1S/C54H92N12O11/c1-13-14-15-16-17-18-21-37(60-48(73)41-22-19-27-66(41)49(74)40-32-77-36(6)58-40)45(70)56-31-44(69)62-52(7,8)50(75)57-30-43(68)59-39(29-35(4)5)47(72)64-53(9,10)51(76)61-38(28-34(2)3)46(71)55-26-23-42(67)63-54(24-20-25-54)33-65(11)12/h32,34-35,37-39,41H,13-31,33H2,1-12H3,(H,55,71)(H,56,70)(H,57,75)(H,59,68)(H,60,73)(H,61,76)(H,62,69)(H,63,67)(H,64,72)/t37-,38?,39?,41-/m0/s1. The molecular weight excluding hydrogens is 993 g/mol. The number of carbonyl (C=O) groups excluding carboxylic acids is 10. The average molecular weight is 1090 g/mol. The van der Waals surface area contributed by atoms with Crippen LogP contribution in [0.3, 0.4) is 0 Å². The second-order valence-electron chi connectivity index (χ2n) is 23.1. The molecule has 2 fully saturated rings. The lowest BCUT2D eigenvalue weighted by Gasteiger charge is -2.44. The van der Waals surface area contributed by atoms with Crippen LogP contribution in [0.25, 0.3) is 0 Å². The summed E-state index contributed by atoms with van der Waals surface area (Å²) >= 11 is 0. The number of hydrogen-bond acceptors (Lipinski definition) is 13. The van der Waals surface area contributed by atoms with Crippen LogP contribution in [0.1, 0.15) is 175 Å². The molecule has 23 nitrogen and oxygen atoms in total. The van der Waals surface area contributed by atoms with Gasteiger partial charge in [0.05, 0.1) is 18.6 Å². The van der Waals surface area contributed by atoms with Crippen molar-refractivity contribution in [1.82, 2.24) is 62.6 Å². The molecule has 0 radical (unpaired) electrons. The summed E-state index contributed by atoms with van der Waals surface area (Å²) in [5.41, 5.74) is -3.31. The lowest BCUT2D eigenvalue weighted by atomic mass is 9.76. The molecule has 0 aromatic carbocycles. The van der Waals surface area contributed by atoms with E-state index in [1.165, 1.54) is 38.9 Å². The van der Waals surface area contributed by atoms with E-state index in [1.54, 1.807) is 6.92 Å². The van der Waals surface area contributed by atoms with Crippen LogP contribution in [-0.4, -0.2) is 161 Å². The predicted octanol–water partition coefficient (Wildman–Crippen LogP) is 2.01. The normalized spacial score (nSPS) is 16.4. The summed E-state index contributed by atoms with van der Waals surface area (Å²) in [6.45, 7) is 17.0. The lowest BCUT2D eigenvalue weighted by Crippen LogP contribution is -2.62. The van der Waals surface area contributed by atoms with E-state index in [-0.39, 0.29) is 54.8 Å². The molecule has 23 heteroatoms. The maximum atomic E-state index is 13.8. The first-order valence-corrected chi connectivity index (χ1v) is 27.6. The smallest absolute Gasteiger partial charge is 0.276 e. The molecule has 1 aromatic rings. The number of unbranched alkanes of at least 4 members (excludes halogenated alkanes) is 5. The van der Waals surface area contributed by atoms with Gasteiger partial charge in [-0.15, -0.1) is 0 Å². The van der Waals surface area contributed by atoms with Crippen molar-refractivity contribution in [3.05, 3.63) is 17.8 Å². The number of aromatic nitrogens is 1. The minimum atomic E-state index is -1.58. The number of likely N-dealkylation sites (tertiary alicyclic amines) is 1. The van der Waals surface area contributed by atoms with Crippen LogP contribution < -0.4 is 47.9 Å². The Balaban J connectivity index is 1.54. The number of oxazole rings is 1. The van der Waals surface area contributed by atoms with Gasteiger partial charge < -0.3 is 62.1 Å². The Morgan fingerprint density at radius 1 is 0.714 bits per heavy atom. The zero-order chi connectivity index (χ0) is 57.7. The van der Waals surface area contributed by atoms with Gasteiger partial charge in [0.1, 0.15) is 41.5 Å². The highest BCUT2D eigenvalue weighted by molar-refractivity contribution is 5.99. The summed E-state index contributed by atoms with van der Waals surface area (Å²) < 4.78 is 5.20. The number of nitrogens with one attached hydrogen (secondary N) is 9. The van der Waals surface area contributed by atoms with E-state index in [0.717, 1.165) is 57.9 Å². The van der Waals surface area contributed by atoms with Crippen molar-refractivity contribution in [3.63, 3.8) is 0 Å². The van der Waals surface area contributed by atoms with E-state index < -0.39 is 101 Å². The number of amides is 10. The van der Waals surface area contributed by atoms with Crippen LogP contribution in [0, 0.1) is 18.8 Å². The lowest BCUT2D eigenvalue weighted by molar-refractivity contribution is -0.137. The minimum absolute atomic E-state index is 0.00413. The van der Waals surface area contributed by atoms with Crippen LogP contribution in [-0.2, 0) is 43.2 Å². The van der Waals surface area contributed by atoms with Crippen molar-refractivity contribution in [2.45, 2.75) is 206 Å². The highest BCUT2D eigenvalue weighted by Gasteiger charge is 2.40. The van der Waals surface area contributed by atoms with Gasteiger partial charge in [0.15, 0.2) is 11.6 Å². The molecule has 0 bridgehead atoms. The quantitative estimate of drug-likeness (QED) is 0.0456. The molecule has 2 heterocycles. The second-order valence-corrected chi connectivity index (χ2v) is 23.1. The molecular formula is C54H92N12O11. The van der Waals surface area contributed by atoms with Crippen molar-refractivity contribution >= 4 is 59.1 Å². The molecule has 77 heavy (non-hydrogen) atoms. The van der Waals surface area contributed by atoms with Gasteiger partial charge in [0, 0.05) is 33.0 Å². The van der Waals surface area contributed by atoms with E-state index in [4.69, 9.17) is 4.42 Å². The Morgan fingerprint density at radius 3 is 1.90 bits per heavy atom. The molecule has 10 amide bonds. The fraction of sp³-hybridized carbons (Fsp3) is 0.759. The largest absolute Gasteiger partial charge is 0.448 e. The molecule has 0 spiro atoms. The third-order valence-electron chi connectivity index (χ3n) is 13.7. The first-order chi connectivity index (χ1) is 36.1. The summed E-state index contributed by atoms with van der Waals surface area (Å²) in [5.74, 6) is -5.50. The summed E-state index contributed by atoms with van der Waals surface area (Å²) in [5, 5.41) is 24.4. The molecule has 4 atom stereocenters. The van der Waals surface area contributed by atoms with Crippen molar-refractivity contribution in [3.8, 4) is 0 Å². The van der Waals surface area contributed by atoms with Crippen molar-refractivity contribution < 1.29 is 52.4 Å². The Labute approximate surface area is 455 Å². The van der Waals surface area contributed by atoms with Gasteiger partial charge in [-0.1, -0.05) is 73.1 Å². The van der Waals surface area contributed by atoms with Crippen molar-refractivity contribution in [2.24, 2.45) is 11.8 Å². The van der Waals surface area contributed by atoms with Gasteiger partial charge in [-0.25, -0.2) is 4.98 Å². The summed E-state index contributed by atoms with van der Waals surface area (Å²) in [7, 11) is 3.91. The third kappa shape index (κ3) is 22.0. The highest BCUT2D eigenvalue weighted by Crippen LogP contribution is 2.32. The molecule has 1 saturated carbocycles. The third-order valence-corrected chi connectivity index (χ3v) is 13.7. The van der Waals surface area contributed by atoms with Crippen LogP contribution >= 0.6 is 0 Å². The van der Waals surface area contributed by atoms with Crippen LogP contribution in [0.2, 0.25) is 0 Å². The summed E-state index contributed by atoms with van der Waals surface area (Å²) in [6.07, 6.45) is 11.5. The Kier molecular flexibility index (Phi) is 26.0. The van der Waals surface area contributed by atoms with Crippen LogP contribution in [0.4, 0.5) is 0 Å². The maximum Gasteiger partial charge on any atom is 0.276 e. The first-order valence-electron chi connectivity index (χ1n) is 27.6. The molecule has 2 aliphatic rings. The average Bonchev–Trinajstić information content (AvgIpc) is 4.01. The Bertz CT molecular complexity index is 2190. The first kappa shape index (κ1) is 65.2. The van der Waals surface area contributed by atoms with Gasteiger partial charge >= 0.3 is 0 Å². The number of rotatable bonds is 33. The van der Waals surface area contributed by atoms with Gasteiger partial charge in [-0.3, -0.25) is 47.9 Å². The van der Waals surface area contributed by atoms with Gasteiger partial charge in [-0.05, 0) is 105 Å². The maximum absolute atomic E-state index is 13.8. The number of hydrogen-bond donors (Lipinski definition) is 9. The second kappa shape index (κ2) is 30.7. The SMILES string of the molecule is CCCCCCCC[C@H](NC(=O)[C@@H]1CCCN1C(=O)c1coc(C)n1)C(=O)NCC(=O)NC(C)(C)C(=O)NCC(=O)NC(CC(C)C)C(=O)NC(C)(C)C(=O)NC(CC(C)C)C(=O)NCCC(=O)NC1(CN(C)C)CCC1. The highest BCUT2D eigenvalue weighted by atomic mass is 16.3. The van der Waals surface area contributed by atoms with Crippen molar-refractivity contribution in [1.29, 1.82) is 0 Å². The van der Waals surface area contributed by atoms with E-state index in [1.807, 2.05) is 46.7 Å². The number of nitrogens with zero attached hydrogens (tertiary/aromatic N) is 3. The van der Waals surface area contributed by atoms with Crippen molar-refractivity contribution in [2.75, 3.05) is 46.8 Å². The zero-order valence-corrected chi connectivity index (χ0v) is 48.0. The van der Waals surface area contributed by atoms with E-state index in [9.17, 15) is 47.9 Å².